The molecule has 0 radical (unpaired) electrons. The molecule has 2 aliphatic rings. The van der Waals surface area contributed by atoms with Crippen molar-refractivity contribution < 1.29 is 0 Å². The summed E-state index contributed by atoms with van der Waals surface area (Å²) in [5, 5.41) is 0. The molecule has 0 N–H and O–H groups in total. The van der Waals surface area contributed by atoms with Crippen molar-refractivity contribution in [2.75, 3.05) is 54.0 Å². The van der Waals surface area contributed by atoms with E-state index in [2.05, 4.69) is 45.7 Å². The van der Waals surface area contributed by atoms with Crippen molar-refractivity contribution in [3.05, 3.63) is 25.0 Å². The Labute approximate surface area is 157 Å². The van der Waals surface area contributed by atoms with E-state index in [0.29, 0.717) is 0 Å². The molecule has 0 aromatic carbocycles. The molecule has 9 heteroatoms. The zero-order valence-electron chi connectivity index (χ0n) is 15.5. The summed E-state index contributed by atoms with van der Waals surface area (Å²) in [5.41, 5.74) is 1.74. The lowest BCUT2D eigenvalue weighted by molar-refractivity contribution is 0.641. The lowest BCUT2D eigenvalue weighted by atomic mass is 10.3. The molecular weight excluding hydrogens is 342 g/mol. The van der Waals surface area contributed by atoms with E-state index < -0.39 is 0 Å². The van der Waals surface area contributed by atoms with Crippen molar-refractivity contribution in [1.82, 2.24) is 29.5 Å². The molecule has 3 aromatic heterocycles. The molecule has 2 saturated heterocycles. The molecule has 0 aliphatic carbocycles. The highest BCUT2D eigenvalue weighted by Crippen LogP contribution is 2.25. The normalized spacial score (nSPS) is 17.9. The Morgan fingerprint density at radius 3 is 2.07 bits per heavy atom. The SMILES string of the molecule is Cn1cnc2c(N3CCN(c4cc(N5CCCC5)ncn4)CC3)ncnc21. The lowest BCUT2D eigenvalue weighted by Crippen LogP contribution is -2.47. The van der Waals surface area contributed by atoms with E-state index in [1.54, 1.807) is 19.0 Å². The van der Waals surface area contributed by atoms with E-state index in [4.69, 9.17) is 0 Å². The number of aryl methyl sites for hydroxylation is 1. The number of nitrogens with zero attached hydrogens (tertiary/aromatic N) is 9. The fourth-order valence-electron chi connectivity index (χ4n) is 3.94. The first-order chi connectivity index (χ1) is 13.3. The average Bonchev–Trinajstić information content (AvgIpc) is 3.39. The van der Waals surface area contributed by atoms with Crippen molar-refractivity contribution in [1.29, 1.82) is 0 Å². The maximum absolute atomic E-state index is 4.51. The Kier molecular flexibility index (Phi) is 3.99. The van der Waals surface area contributed by atoms with E-state index >= 15 is 0 Å². The zero-order chi connectivity index (χ0) is 18.2. The maximum atomic E-state index is 4.51. The second kappa shape index (κ2) is 6.64. The number of anilines is 3. The highest BCUT2D eigenvalue weighted by molar-refractivity contribution is 5.83. The third kappa shape index (κ3) is 2.92. The molecular formula is C18H23N9. The van der Waals surface area contributed by atoms with Gasteiger partial charge in [-0.1, -0.05) is 0 Å². The van der Waals surface area contributed by atoms with Crippen molar-refractivity contribution in [2.45, 2.75) is 12.8 Å². The first-order valence-electron chi connectivity index (χ1n) is 9.48. The average molecular weight is 365 g/mol. The molecule has 0 amide bonds. The number of aromatic nitrogens is 6. The first-order valence-corrected chi connectivity index (χ1v) is 9.48. The molecule has 2 fully saturated rings. The fraction of sp³-hybridized carbons (Fsp3) is 0.500. The Hall–Kier alpha value is -2.97. The summed E-state index contributed by atoms with van der Waals surface area (Å²) in [6.45, 7) is 5.75. The van der Waals surface area contributed by atoms with E-state index in [1.807, 2.05) is 11.6 Å². The topological polar surface area (TPSA) is 79.1 Å². The summed E-state index contributed by atoms with van der Waals surface area (Å²) in [6, 6.07) is 2.13. The molecule has 0 unspecified atom stereocenters. The fourth-order valence-corrected chi connectivity index (χ4v) is 3.94. The standard InChI is InChI=1S/C18H23N9/c1-24-13-23-16-17(24)21-12-22-18(16)27-8-6-26(7-9-27)15-10-14(19-11-20-15)25-4-2-3-5-25/h10-13H,2-9H2,1H3. The Balaban J connectivity index is 1.32. The monoisotopic (exact) mass is 365 g/mol. The van der Waals surface area contributed by atoms with Crippen LogP contribution in [-0.2, 0) is 7.05 Å². The highest BCUT2D eigenvalue weighted by Gasteiger charge is 2.23. The molecule has 5 rings (SSSR count). The number of hydrogen-bond acceptors (Lipinski definition) is 8. The molecule has 3 aromatic rings. The van der Waals surface area contributed by atoms with Crippen LogP contribution in [0.15, 0.2) is 25.0 Å². The van der Waals surface area contributed by atoms with E-state index in [1.165, 1.54) is 12.8 Å². The van der Waals surface area contributed by atoms with Crippen molar-refractivity contribution >= 4 is 28.6 Å². The Morgan fingerprint density at radius 2 is 1.33 bits per heavy atom. The number of piperazine rings is 1. The van der Waals surface area contributed by atoms with Gasteiger partial charge in [-0.2, -0.15) is 0 Å². The molecule has 27 heavy (non-hydrogen) atoms. The van der Waals surface area contributed by atoms with Crippen LogP contribution >= 0.6 is 0 Å². The van der Waals surface area contributed by atoms with Gasteiger partial charge in [-0.15, -0.1) is 0 Å². The molecule has 0 saturated carbocycles. The van der Waals surface area contributed by atoms with E-state index in [0.717, 1.165) is 67.9 Å². The summed E-state index contributed by atoms with van der Waals surface area (Å²) in [4.78, 5) is 29.3. The smallest absolute Gasteiger partial charge is 0.165 e. The summed E-state index contributed by atoms with van der Waals surface area (Å²) in [6.07, 6.45) is 7.60. The third-order valence-electron chi connectivity index (χ3n) is 5.45. The minimum Gasteiger partial charge on any atom is -0.356 e. The minimum atomic E-state index is 0.867. The molecule has 5 heterocycles. The van der Waals surface area contributed by atoms with Gasteiger partial charge >= 0.3 is 0 Å². The Morgan fingerprint density at radius 1 is 0.704 bits per heavy atom. The van der Waals surface area contributed by atoms with Gasteiger partial charge in [0.15, 0.2) is 17.0 Å². The van der Waals surface area contributed by atoms with Gasteiger partial charge in [-0.25, -0.2) is 24.9 Å². The summed E-state index contributed by atoms with van der Waals surface area (Å²) in [5.74, 6) is 2.98. The predicted octanol–water partition coefficient (Wildman–Crippen LogP) is 1.08. The first kappa shape index (κ1) is 16.2. The summed E-state index contributed by atoms with van der Waals surface area (Å²) < 4.78 is 1.93. The summed E-state index contributed by atoms with van der Waals surface area (Å²) in [7, 11) is 1.96. The number of rotatable bonds is 3. The second-order valence-corrected chi connectivity index (χ2v) is 7.13. The van der Waals surface area contributed by atoms with Gasteiger partial charge in [-0.3, -0.25) is 0 Å². The molecule has 0 bridgehead atoms. The van der Waals surface area contributed by atoms with Crippen LogP contribution in [0.5, 0.6) is 0 Å². The number of hydrogen-bond donors (Lipinski definition) is 0. The van der Waals surface area contributed by atoms with Gasteiger partial charge in [0.2, 0.25) is 0 Å². The van der Waals surface area contributed by atoms with E-state index in [9.17, 15) is 0 Å². The van der Waals surface area contributed by atoms with E-state index in [-0.39, 0.29) is 0 Å². The van der Waals surface area contributed by atoms with Gasteiger partial charge in [0.05, 0.1) is 6.33 Å². The van der Waals surface area contributed by atoms with Crippen molar-refractivity contribution in [3.63, 3.8) is 0 Å². The summed E-state index contributed by atoms with van der Waals surface area (Å²) >= 11 is 0. The van der Waals surface area contributed by atoms with Crippen LogP contribution < -0.4 is 14.7 Å². The predicted molar refractivity (Wildman–Crippen MR) is 104 cm³/mol. The number of fused-ring (bicyclic) bond motifs is 1. The molecule has 9 nitrogen and oxygen atoms in total. The van der Waals surface area contributed by atoms with Gasteiger partial charge < -0.3 is 19.3 Å². The van der Waals surface area contributed by atoms with Crippen molar-refractivity contribution in [2.24, 2.45) is 7.05 Å². The highest BCUT2D eigenvalue weighted by atomic mass is 15.3. The third-order valence-corrected chi connectivity index (χ3v) is 5.45. The minimum absolute atomic E-state index is 0.867. The van der Waals surface area contributed by atoms with Gasteiger partial charge in [-0.05, 0) is 12.8 Å². The lowest BCUT2D eigenvalue weighted by Gasteiger charge is -2.36. The van der Waals surface area contributed by atoms with Crippen LogP contribution in [0.1, 0.15) is 12.8 Å². The largest absolute Gasteiger partial charge is 0.356 e. The van der Waals surface area contributed by atoms with Crippen LogP contribution in [-0.4, -0.2) is 68.8 Å². The zero-order valence-corrected chi connectivity index (χ0v) is 15.5. The molecule has 0 spiro atoms. The van der Waals surface area contributed by atoms with Crippen LogP contribution in [0.3, 0.4) is 0 Å². The maximum Gasteiger partial charge on any atom is 0.165 e. The molecule has 0 atom stereocenters. The van der Waals surface area contributed by atoms with Gasteiger partial charge in [0.1, 0.15) is 24.3 Å². The van der Waals surface area contributed by atoms with Crippen LogP contribution in [0, 0.1) is 0 Å². The Bertz CT molecular complexity index is 939. The molecule has 140 valence electrons. The second-order valence-electron chi connectivity index (χ2n) is 7.13. The number of imidazole rings is 1. The quantitative estimate of drug-likeness (QED) is 0.682. The van der Waals surface area contributed by atoms with Crippen LogP contribution in [0.4, 0.5) is 17.5 Å². The van der Waals surface area contributed by atoms with Gasteiger partial charge in [0.25, 0.3) is 0 Å². The van der Waals surface area contributed by atoms with Crippen molar-refractivity contribution in [3.8, 4) is 0 Å². The van der Waals surface area contributed by atoms with Crippen LogP contribution in [0.2, 0.25) is 0 Å². The van der Waals surface area contributed by atoms with Gasteiger partial charge in [0, 0.05) is 52.4 Å². The molecule has 2 aliphatic heterocycles. The van der Waals surface area contributed by atoms with Crippen LogP contribution in [0.25, 0.3) is 11.2 Å².